The van der Waals surface area contributed by atoms with E-state index in [1.165, 1.54) is 24.3 Å². The van der Waals surface area contributed by atoms with Crippen LogP contribution in [0.5, 0.6) is 0 Å². The van der Waals surface area contributed by atoms with Crippen molar-refractivity contribution in [3.63, 3.8) is 0 Å². The van der Waals surface area contributed by atoms with Crippen LogP contribution >= 0.6 is 0 Å². The van der Waals surface area contributed by atoms with Crippen molar-refractivity contribution in [1.29, 1.82) is 21.0 Å². The van der Waals surface area contributed by atoms with Gasteiger partial charge in [-0.2, -0.15) is 21.0 Å². The molecule has 144 valence electrons. The molecule has 0 N–H and O–H groups in total. The summed E-state index contributed by atoms with van der Waals surface area (Å²) in [5.74, 6) is -2.27. The van der Waals surface area contributed by atoms with Gasteiger partial charge in [0.2, 0.25) is 0 Å². The maximum Gasteiger partial charge on any atom is 0.192 e. The third-order valence-electron chi connectivity index (χ3n) is 3.06. The van der Waals surface area contributed by atoms with Gasteiger partial charge in [-0.25, -0.2) is 16.8 Å². The molecule has 0 heterocycles. The van der Waals surface area contributed by atoms with Gasteiger partial charge >= 0.3 is 0 Å². The van der Waals surface area contributed by atoms with E-state index in [4.69, 9.17) is 21.0 Å². The summed E-state index contributed by atoms with van der Waals surface area (Å²) >= 11 is 0. The van der Waals surface area contributed by atoms with E-state index in [1.54, 1.807) is 0 Å². The van der Waals surface area contributed by atoms with Crippen LogP contribution in [0.3, 0.4) is 0 Å². The van der Waals surface area contributed by atoms with E-state index < -0.39 is 64.7 Å². The number of carbonyl (C=O) groups excluding carboxylic acids is 1. The molecule has 0 amide bonds. The standard InChI is InChI=1S/C17H14N4O5S2/c1-3-5-27(23,24)16(11-20)13(9-18)7-15(22)8-14(10-19)17(12-21)28(25,26)6-4-2/h3-4,7,16H,1-2,5-6,8H2. The molecule has 0 aliphatic heterocycles. The highest BCUT2D eigenvalue weighted by molar-refractivity contribution is 7.95. The van der Waals surface area contributed by atoms with Crippen molar-refractivity contribution in [2.75, 3.05) is 11.5 Å². The largest absolute Gasteiger partial charge is 0.294 e. The van der Waals surface area contributed by atoms with Gasteiger partial charge in [0.25, 0.3) is 0 Å². The number of sulfone groups is 2. The highest BCUT2D eigenvalue weighted by Crippen LogP contribution is 2.18. The fraction of sp³-hybridized carbons (Fsp3) is 0.235. The lowest BCUT2D eigenvalue weighted by Crippen LogP contribution is -2.24. The predicted octanol–water partition coefficient (Wildman–Crippen LogP) is 0.791. The topological polar surface area (TPSA) is 181 Å². The van der Waals surface area contributed by atoms with Gasteiger partial charge in [0, 0.05) is 6.42 Å². The minimum atomic E-state index is -4.18. The first-order valence-corrected chi connectivity index (χ1v) is 10.6. The van der Waals surface area contributed by atoms with Gasteiger partial charge in [0.05, 0.1) is 40.9 Å². The molecule has 0 saturated carbocycles. The monoisotopic (exact) mass is 418 g/mol. The molecule has 0 aliphatic rings. The molecule has 9 nitrogen and oxygen atoms in total. The summed E-state index contributed by atoms with van der Waals surface area (Å²) in [6.07, 6.45) is 1.68. The summed E-state index contributed by atoms with van der Waals surface area (Å²) in [7, 11) is -8.31. The van der Waals surface area contributed by atoms with Gasteiger partial charge in [0.1, 0.15) is 6.07 Å². The molecule has 0 bridgehead atoms. The SMILES string of the molecule is C=CCS(=O)(=O)C(C#N)=C(C#N)CC(=O)C=C(C#N)C(C#N)S(=O)(=O)CC=C. The number of allylic oxidation sites excluding steroid dienone is 3. The molecular weight excluding hydrogens is 404 g/mol. The summed E-state index contributed by atoms with van der Waals surface area (Å²) in [6, 6.07) is 5.65. The summed E-state index contributed by atoms with van der Waals surface area (Å²) in [4.78, 5) is 11.2. The number of carbonyl (C=O) groups is 1. The second-order valence-electron chi connectivity index (χ2n) is 5.08. The third-order valence-corrected chi connectivity index (χ3v) is 6.48. The van der Waals surface area contributed by atoms with Crippen molar-refractivity contribution in [2.24, 2.45) is 0 Å². The Morgan fingerprint density at radius 3 is 1.89 bits per heavy atom. The zero-order chi connectivity index (χ0) is 22.0. The molecule has 0 fully saturated rings. The van der Waals surface area contributed by atoms with E-state index in [1.807, 2.05) is 0 Å². The first kappa shape index (κ1) is 24.5. The zero-order valence-electron chi connectivity index (χ0n) is 14.5. The number of nitriles is 4. The average Bonchev–Trinajstić information content (AvgIpc) is 2.60. The highest BCUT2D eigenvalue weighted by Gasteiger charge is 2.29. The lowest BCUT2D eigenvalue weighted by atomic mass is 10.1. The van der Waals surface area contributed by atoms with Crippen LogP contribution in [0.2, 0.25) is 0 Å². The maximum absolute atomic E-state index is 12.1. The van der Waals surface area contributed by atoms with Gasteiger partial charge in [0.15, 0.2) is 35.6 Å². The summed E-state index contributed by atoms with van der Waals surface area (Å²) < 4.78 is 47.9. The third kappa shape index (κ3) is 6.34. The van der Waals surface area contributed by atoms with Crippen LogP contribution in [0, 0.1) is 45.3 Å². The Morgan fingerprint density at radius 2 is 1.50 bits per heavy atom. The van der Waals surface area contributed by atoms with Crippen molar-refractivity contribution < 1.29 is 21.6 Å². The number of ketones is 1. The Morgan fingerprint density at radius 1 is 0.929 bits per heavy atom. The molecule has 11 heteroatoms. The van der Waals surface area contributed by atoms with Gasteiger partial charge in [-0.1, -0.05) is 12.2 Å². The molecule has 0 rings (SSSR count). The Kier molecular flexibility index (Phi) is 9.27. The first-order valence-electron chi connectivity index (χ1n) is 7.28. The highest BCUT2D eigenvalue weighted by atomic mass is 32.2. The smallest absolute Gasteiger partial charge is 0.192 e. The Bertz CT molecular complexity index is 1120. The second-order valence-corrected chi connectivity index (χ2v) is 9.18. The van der Waals surface area contributed by atoms with Crippen LogP contribution in [0.15, 0.2) is 47.4 Å². The van der Waals surface area contributed by atoms with Crippen LogP contribution in [-0.2, 0) is 24.5 Å². The van der Waals surface area contributed by atoms with E-state index >= 15 is 0 Å². The number of rotatable bonds is 10. The van der Waals surface area contributed by atoms with Gasteiger partial charge < -0.3 is 0 Å². The number of nitrogens with zero attached hydrogens (tertiary/aromatic N) is 4. The fourth-order valence-electron chi connectivity index (χ4n) is 1.90. The maximum atomic E-state index is 12.1. The molecule has 1 atom stereocenters. The van der Waals surface area contributed by atoms with E-state index in [9.17, 15) is 21.6 Å². The molecule has 0 radical (unpaired) electrons. The van der Waals surface area contributed by atoms with Crippen LogP contribution in [0.1, 0.15) is 6.42 Å². The molecule has 0 spiro atoms. The van der Waals surface area contributed by atoms with Crippen LogP contribution < -0.4 is 0 Å². The lowest BCUT2D eigenvalue weighted by Gasteiger charge is -2.08. The number of hydrogen-bond donors (Lipinski definition) is 0. The Labute approximate surface area is 163 Å². The fourth-order valence-corrected chi connectivity index (χ4v) is 4.20. The zero-order valence-corrected chi connectivity index (χ0v) is 16.1. The Hall–Kier alpha value is -3.51. The molecule has 0 saturated heterocycles. The van der Waals surface area contributed by atoms with Crippen LogP contribution in [0.4, 0.5) is 0 Å². The van der Waals surface area contributed by atoms with Gasteiger partial charge in [-0.15, -0.1) is 13.2 Å². The van der Waals surface area contributed by atoms with Crippen LogP contribution in [0.25, 0.3) is 0 Å². The minimum Gasteiger partial charge on any atom is -0.294 e. The van der Waals surface area contributed by atoms with Crippen molar-refractivity contribution >= 4 is 25.5 Å². The lowest BCUT2D eigenvalue weighted by molar-refractivity contribution is -0.114. The average molecular weight is 418 g/mol. The summed E-state index contributed by atoms with van der Waals surface area (Å²) in [5, 5.41) is 34.4. The molecule has 0 aromatic heterocycles. The quantitative estimate of drug-likeness (QED) is 0.281. The minimum absolute atomic E-state index is 0.543. The van der Waals surface area contributed by atoms with E-state index in [-0.39, 0.29) is 0 Å². The summed E-state index contributed by atoms with van der Waals surface area (Å²) in [6.45, 7) is 6.46. The molecule has 0 aromatic rings. The second kappa shape index (κ2) is 10.6. The molecule has 0 aromatic carbocycles. The van der Waals surface area contributed by atoms with E-state index in [0.717, 1.165) is 12.2 Å². The molecular formula is C17H14N4O5S2. The van der Waals surface area contributed by atoms with Crippen molar-refractivity contribution in [3.8, 4) is 24.3 Å². The van der Waals surface area contributed by atoms with E-state index in [2.05, 4.69) is 13.2 Å². The molecule has 0 aliphatic carbocycles. The van der Waals surface area contributed by atoms with Crippen molar-refractivity contribution in [3.05, 3.63) is 47.4 Å². The van der Waals surface area contributed by atoms with Crippen molar-refractivity contribution in [2.45, 2.75) is 11.7 Å². The van der Waals surface area contributed by atoms with Gasteiger partial charge in [-0.05, 0) is 6.08 Å². The Balaban J connectivity index is 6.15. The summed E-state index contributed by atoms with van der Waals surface area (Å²) in [5.41, 5.74) is -1.37. The van der Waals surface area contributed by atoms with E-state index in [0.29, 0.717) is 6.08 Å². The van der Waals surface area contributed by atoms with Crippen molar-refractivity contribution in [1.82, 2.24) is 0 Å². The number of hydrogen-bond acceptors (Lipinski definition) is 9. The van der Waals surface area contributed by atoms with Gasteiger partial charge in [-0.3, -0.25) is 4.79 Å². The molecule has 28 heavy (non-hydrogen) atoms. The predicted molar refractivity (Wildman–Crippen MR) is 98.9 cm³/mol. The first-order chi connectivity index (χ1) is 13.0. The normalized spacial score (nSPS) is 13.5. The molecule has 1 unspecified atom stereocenters. The van der Waals surface area contributed by atoms with Crippen LogP contribution in [-0.4, -0.2) is 39.4 Å².